The van der Waals surface area contributed by atoms with Gasteiger partial charge in [0.1, 0.15) is 0 Å². The number of carbonyl (C=O) groups excluding carboxylic acids is 2. The number of hydrogen-bond donors (Lipinski definition) is 0. The first-order chi connectivity index (χ1) is 21.9. The van der Waals surface area contributed by atoms with E-state index in [1.54, 1.807) is 0 Å². The van der Waals surface area contributed by atoms with Crippen molar-refractivity contribution in [3.8, 4) is 0 Å². The van der Waals surface area contributed by atoms with E-state index in [0.29, 0.717) is 30.3 Å². The minimum absolute atomic E-state index is 0.0449. The Morgan fingerprint density at radius 2 is 1.57 bits per heavy atom. The van der Waals surface area contributed by atoms with Crippen molar-refractivity contribution in [2.45, 2.75) is 59.0 Å². The second-order valence-corrected chi connectivity index (χ2v) is 28.7. The van der Waals surface area contributed by atoms with Crippen LogP contribution in [0.15, 0.2) is 97.1 Å². The molecule has 7 rings (SSSR count). The van der Waals surface area contributed by atoms with E-state index < -0.39 is 51.7 Å². The molecule has 3 aromatic carbocycles. The van der Waals surface area contributed by atoms with Gasteiger partial charge in [-0.25, -0.2) is 0 Å². The zero-order chi connectivity index (χ0) is 32.4. The van der Waals surface area contributed by atoms with Gasteiger partial charge in [0.15, 0.2) is 0 Å². The third-order valence-electron chi connectivity index (χ3n) is 10.9. The van der Waals surface area contributed by atoms with Crippen LogP contribution in [-0.2, 0) is 19.1 Å². The standard InChI is InChI=1S/C38H40I3NO4/c1-4-26(2)33(43)46-36-21-28-19-27-20-35(22-36,23-37(27,28)24-36)34(44)45-25-38(39,42)40-31-17-11-12-18-32(31)41(3,29-13-7-5-8-14-29)30-15-9-6-10-16-30/h5-18,27-28,42H,2-4,19-25H2,1H3/q-2. The molecule has 4 aliphatic carbocycles. The van der Waals surface area contributed by atoms with Crippen LogP contribution in [0.4, 0.5) is 0 Å². The van der Waals surface area contributed by atoms with Gasteiger partial charge in [-0.1, -0.05) is 0 Å². The van der Waals surface area contributed by atoms with Crippen molar-refractivity contribution in [1.29, 1.82) is 0 Å². The Hall–Kier alpha value is -1.64. The first-order valence-corrected chi connectivity index (χ1v) is 23.9. The number of hydrogen-bond acceptors (Lipinski definition) is 4. The molecule has 46 heavy (non-hydrogen) atoms. The van der Waals surface area contributed by atoms with Crippen molar-refractivity contribution in [2.75, 3.05) is 6.61 Å². The fourth-order valence-corrected chi connectivity index (χ4v) is 23.0. The van der Waals surface area contributed by atoms with Crippen LogP contribution in [0.1, 0.15) is 51.9 Å². The molecule has 8 heteroatoms. The molecule has 0 heterocycles. The van der Waals surface area contributed by atoms with Crippen molar-refractivity contribution in [2.24, 2.45) is 22.7 Å². The summed E-state index contributed by atoms with van der Waals surface area (Å²) in [5.41, 5.74) is 8.77. The summed E-state index contributed by atoms with van der Waals surface area (Å²) in [5, 5.41) is 0. The Labute approximate surface area is 299 Å². The number of benzene rings is 3. The maximum absolute atomic E-state index is 14.1. The number of nitrogens with one attached hydrogen (secondary N) is 1. The molecule has 6 atom stereocenters. The normalized spacial score (nSPS) is 30.6. The molecule has 0 radical (unpaired) electrons. The van der Waals surface area contributed by atoms with Crippen LogP contribution in [-0.4, -0.2) is 30.2 Å². The van der Waals surface area contributed by atoms with E-state index >= 15 is 0 Å². The molecule has 5 nitrogen and oxygen atoms in total. The van der Waals surface area contributed by atoms with Crippen LogP contribution in [0.3, 0.4) is 0 Å². The number of carbonyl (C=O) groups is 2. The molecule has 3 aromatic rings. The van der Waals surface area contributed by atoms with E-state index in [2.05, 4.69) is 102 Å². The number of alkyl halides is 2. The SMILES string of the molecule is C=C(CC)C(=O)OC12CC3CC4CC(C(=O)OCC([NH-])(I)[I-]c5ccccc5I(=C)(c5ccccc5)c5ccccc5)(C1)CC34C2. The average molecular weight is 955 g/mol. The molecule has 1 N–H and O–H groups in total. The predicted molar refractivity (Wildman–Crippen MR) is 195 cm³/mol. The van der Waals surface area contributed by atoms with Crippen LogP contribution in [0.5, 0.6) is 0 Å². The summed E-state index contributed by atoms with van der Waals surface area (Å²) in [6.07, 6.45) is 5.56. The number of ether oxygens (including phenoxy) is 2. The van der Waals surface area contributed by atoms with Crippen LogP contribution in [0.2, 0.25) is 0 Å². The zero-order valence-corrected chi connectivity index (χ0v) is 32.5. The first kappa shape index (κ1) is 32.9. The number of esters is 2. The molecular formula is C38H40I3NO4-2. The van der Waals surface area contributed by atoms with Gasteiger partial charge in [-0.2, -0.15) is 0 Å². The molecule has 244 valence electrons. The Morgan fingerprint density at radius 3 is 2.22 bits per heavy atom. The summed E-state index contributed by atoms with van der Waals surface area (Å²) < 4.78 is 21.5. The van der Waals surface area contributed by atoms with Crippen molar-refractivity contribution >= 4 is 57.0 Å². The van der Waals surface area contributed by atoms with E-state index in [0.717, 1.165) is 32.1 Å². The summed E-state index contributed by atoms with van der Waals surface area (Å²) in [6, 6.07) is 29.8. The third-order valence-corrected chi connectivity index (χ3v) is 24.9. The van der Waals surface area contributed by atoms with E-state index in [4.69, 9.17) is 14.0 Å². The van der Waals surface area contributed by atoms with E-state index in [-0.39, 0.29) is 24.0 Å². The maximum atomic E-state index is 14.1. The Kier molecular flexibility index (Phi) is 8.61. The Bertz CT molecular complexity index is 1700. The van der Waals surface area contributed by atoms with Gasteiger partial charge in [0.05, 0.1) is 0 Å². The van der Waals surface area contributed by atoms with Crippen LogP contribution >= 0.6 is 40.6 Å². The summed E-state index contributed by atoms with van der Waals surface area (Å²) in [5.74, 6) is 0.496. The molecule has 3 bridgehead atoms. The fourth-order valence-electron chi connectivity index (χ4n) is 9.03. The summed E-state index contributed by atoms with van der Waals surface area (Å²) in [6.45, 7) is 5.87. The molecular weight excluding hydrogens is 915 g/mol. The van der Waals surface area contributed by atoms with Crippen LogP contribution in [0.25, 0.3) is 5.73 Å². The minimum atomic E-state index is -3.20. The monoisotopic (exact) mass is 955 g/mol. The van der Waals surface area contributed by atoms with Gasteiger partial charge in [-0.15, -0.1) is 0 Å². The van der Waals surface area contributed by atoms with Crippen molar-refractivity contribution in [3.05, 3.63) is 117 Å². The van der Waals surface area contributed by atoms with Gasteiger partial charge >= 0.3 is 303 Å². The van der Waals surface area contributed by atoms with Gasteiger partial charge in [0.25, 0.3) is 0 Å². The van der Waals surface area contributed by atoms with Crippen molar-refractivity contribution < 1.29 is 40.3 Å². The third kappa shape index (κ3) is 5.45. The summed E-state index contributed by atoms with van der Waals surface area (Å²) in [4.78, 5) is 27.0. The van der Waals surface area contributed by atoms with Gasteiger partial charge in [-0.3, -0.25) is 0 Å². The molecule has 4 fully saturated rings. The molecule has 1 spiro atoms. The second kappa shape index (κ2) is 12.0. The Balaban J connectivity index is 1.12. The number of rotatable bonds is 11. The topological polar surface area (TPSA) is 76.4 Å². The predicted octanol–water partition coefficient (Wildman–Crippen LogP) is 5.86. The summed E-state index contributed by atoms with van der Waals surface area (Å²) in [7, 11) is 0. The fraction of sp³-hybridized carbons (Fsp3) is 0.395. The number of fused-ring (bicyclic) bond motifs is 2. The van der Waals surface area contributed by atoms with Gasteiger partial charge in [-0.05, 0) is 0 Å². The van der Waals surface area contributed by atoms with Crippen LogP contribution in [0, 0.1) is 36.9 Å². The second-order valence-electron chi connectivity index (χ2n) is 13.7. The van der Waals surface area contributed by atoms with Crippen molar-refractivity contribution in [1.82, 2.24) is 0 Å². The quantitative estimate of drug-likeness (QED) is 0.0795. The molecule has 0 aromatic heterocycles. The summed E-state index contributed by atoms with van der Waals surface area (Å²) >= 11 is -1.88. The molecule has 6 unspecified atom stereocenters. The molecule has 0 amide bonds. The van der Waals surface area contributed by atoms with E-state index in [9.17, 15) is 15.3 Å². The molecule has 0 aliphatic heterocycles. The van der Waals surface area contributed by atoms with E-state index in [1.807, 2.05) is 19.1 Å². The molecule has 4 aliphatic rings. The molecule has 4 saturated carbocycles. The van der Waals surface area contributed by atoms with Crippen LogP contribution < -0.4 is 21.2 Å². The van der Waals surface area contributed by atoms with Gasteiger partial charge in [0.2, 0.25) is 0 Å². The Morgan fingerprint density at radius 1 is 0.957 bits per heavy atom. The van der Waals surface area contributed by atoms with Crippen molar-refractivity contribution in [3.63, 3.8) is 0 Å². The zero-order valence-electron chi connectivity index (χ0n) is 26.1. The van der Waals surface area contributed by atoms with Gasteiger partial charge in [0, 0.05) is 0 Å². The first-order valence-electron chi connectivity index (χ1n) is 15.9. The van der Waals surface area contributed by atoms with E-state index in [1.165, 1.54) is 14.3 Å². The molecule has 0 saturated heterocycles. The average Bonchev–Trinajstić information content (AvgIpc) is 3.36. The van der Waals surface area contributed by atoms with Gasteiger partial charge < -0.3 is 0 Å². The number of halogens is 3.